The maximum absolute atomic E-state index is 11.4. The highest BCUT2D eigenvalue weighted by Crippen LogP contribution is 2.28. The van der Waals surface area contributed by atoms with E-state index in [0.29, 0.717) is 24.7 Å². The first-order chi connectivity index (χ1) is 9.25. The van der Waals surface area contributed by atoms with Crippen LogP contribution in [0.25, 0.3) is 10.8 Å². The van der Waals surface area contributed by atoms with Gasteiger partial charge in [-0.15, -0.1) is 10.2 Å². The van der Waals surface area contributed by atoms with Gasteiger partial charge in [0.15, 0.2) is 11.0 Å². The Balaban J connectivity index is 2.05. The highest BCUT2D eigenvalue weighted by molar-refractivity contribution is 6.34. The summed E-state index contributed by atoms with van der Waals surface area (Å²) in [6.45, 7) is 2.00. The molecule has 2 aromatic rings. The Bertz CT molecular complexity index is 631. The van der Waals surface area contributed by atoms with Crippen molar-refractivity contribution >= 4 is 34.1 Å². The van der Waals surface area contributed by atoms with Gasteiger partial charge in [0.05, 0.1) is 0 Å². The molecule has 98 valence electrons. The van der Waals surface area contributed by atoms with Crippen LogP contribution in [0.1, 0.15) is 6.42 Å². The lowest BCUT2D eigenvalue weighted by Gasteiger charge is -2.21. The monoisotopic (exact) mass is 276 g/mol. The third-order valence-corrected chi connectivity index (χ3v) is 3.51. The van der Waals surface area contributed by atoms with Crippen molar-refractivity contribution in [3.05, 3.63) is 29.4 Å². The molecule has 1 aliphatic heterocycles. The molecular formula is C13H13ClN4O. The van der Waals surface area contributed by atoms with E-state index in [1.807, 2.05) is 24.3 Å². The second kappa shape index (κ2) is 5.01. The Morgan fingerprint density at radius 3 is 2.79 bits per heavy atom. The summed E-state index contributed by atoms with van der Waals surface area (Å²) in [7, 11) is 0. The van der Waals surface area contributed by atoms with Crippen LogP contribution >= 0.6 is 11.6 Å². The van der Waals surface area contributed by atoms with E-state index in [4.69, 9.17) is 11.6 Å². The van der Waals surface area contributed by atoms with Crippen LogP contribution in [0.4, 0.5) is 5.82 Å². The summed E-state index contributed by atoms with van der Waals surface area (Å²) in [6, 6.07) is 7.78. The molecule has 1 N–H and O–H groups in total. The first kappa shape index (κ1) is 12.2. The summed E-state index contributed by atoms with van der Waals surface area (Å²) in [5.74, 6) is 0.866. The minimum atomic E-state index is 0.0775. The lowest BCUT2D eigenvalue weighted by molar-refractivity contribution is -0.120. The number of rotatable bonds is 1. The first-order valence-corrected chi connectivity index (χ1v) is 6.56. The Labute approximate surface area is 115 Å². The van der Waals surface area contributed by atoms with Crippen molar-refractivity contribution in [1.29, 1.82) is 0 Å². The van der Waals surface area contributed by atoms with Gasteiger partial charge in [-0.05, 0) is 0 Å². The zero-order chi connectivity index (χ0) is 13.2. The molecule has 0 spiro atoms. The number of anilines is 1. The van der Waals surface area contributed by atoms with Crippen LogP contribution in [0.3, 0.4) is 0 Å². The number of carbonyl (C=O) groups excluding carboxylic acids is 1. The molecule has 1 saturated heterocycles. The molecule has 1 fully saturated rings. The van der Waals surface area contributed by atoms with Crippen molar-refractivity contribution in [3.63, 3.8) is 0 Å². The molecule has 0 aliphatic carbocycles. The maximum Gasteiger partial charge on any atom is 0.221 e. The third-order valence-electron chi connectivity index (χ3n) is 3.23. The van der Waals surface area contributed by atoms with Gasteiger partial charge in [-0.25, -0.2) is 0 Å². The van der Waals surface area contributed by atoms with Crippen LogP contribution in [0, 0.1) is 0 Å². The smallest absolute Gasteiger partial charge is 0.221 e. The molecule has 0 saturated carbocycles. The fraction of sp³-hybridized carbons (Fsp3) is 0.308. The van der Waals surface area contributed by atoms with Gasteiger partial charge in [-0.1, -0.05) is 35.9 Å². The molecule has 0 radical (unpaired) electrons. The van der Waals surface area contributed by atoms with Crippen LogP contribution < -0.4 is 10.2 Å². The molecule has 1 aromatic heterocycles. The number of hydrogen-bond acceptors (Lipinski definition) is 4. The number of aromatic nitrogens is 2. The molecule has 1 aliphatic rings. The van der Waals surface area contributed by atoms with Crippen molar-refractivity contribution in [2.24, 2.45) is 0 Å². The zero-order valence-electron chi connectivity index (χ0n) is 10.3. The lowest BCUT2D eigenvalue weighted by atomic mass is 10.2. The third kappa shape index (κ3) is 2.33. The van der Waals surface area contributed by atoms with E-state index in [-0.39, 0.29) is 5.91 Å². The second-order valence-corrected chi connectivity index (χ2v) is 4.81. The van der Waals surface area contributed by atoms with Gasteiger partial charge in [0.1, 0.15) is 0 Å². The fourth-order valence-corrected chi connectivity index (χ4v) is 2.47. The molecule has 5 nitrogen and oxygen atoms in total. The SMILES string of the molecule is O=C1CCN(c2nnc(Cl)c3ccccc23)CCN1. The van der Waals surface area contributed by atoms with E-state index in [1.54, 1.807) is 0 Å². The molecule has 6 heteroatoms. The van der Waals surface area contributed by atoms with Crippen LogP contribution in [0.2, 0.25) is 5.15 Å². The van der Waals surface area contributed by atoms with Crippen LogP contribution in [0.5, 0.6) is 0 Å². The predicted octanol–water partition coefficient (Wildman–Crippen LogP) is 1.61. The Hall–Kier alpha value is -1.88. The largest absolute Gasteiger partial charge is 0.354 e. The number of hydrogen-bond donors (Lipinski definition) is 1. The summed E-state index contributed by atoms with van der Waals surface area (Å²) < 4.78 is 0. The van der Waals surface area contributed by atoms with E-state index in [1.165, 1.54) is 0 Å². The van der Waals surface area contributed by atoms with Gasteiger partial charge in [0.2, 0.25) is 5.91 Å². The van der Waals surface area contributed by atoms with Crippen molar-refractivity contribution in [2.75, 3.05) is 24.5 Å². The molecule has 0 bridgehead atoms. The van der Waals surface area contributed by atoms with Gasteiger partial charge >= 0.3 is 0 Å². The van der Waals surface area contributed by atoms with E-state index in [9.17, 15) is 4.79 Å². The molecular weight excluding hydrogens is 264 g/mol. The summed E-state index contributed by atoms with van der Waals surface area (Å²) >= 11 is 6.06. The second-order valence-electron chi connectivity index (χ2n) is 4.45. The normalized spacial score (nSPS) is 16.3. The molecule has 2 heterocycles. The molecule has 1 amide bonds. The van der Waals surface area contributed by atoms with Crippen molar-refractivity contribution in [3.8, 4) is 0 Å². The van der Waals surface area contributed by atoms with Crippen molar-refractivity contribution < 1.29 is 4.79 Å². The molecule has 0 atom stereocenters. The van der Waals surface area contributed by atoms with Gasteiger partial charge in [0, 0.05) is 36.8 Å². The van der Waals surface area contributed by atoms with Gasteiger partial charge < -0.3 is 10.2 Å². The van der Waals surface area contributed by atoms with E-state index in [2.05, 4.69) is 20.4 Å². The number of nitrogens with zero attached hydrogens (tertiary/aromatic N) is 3. The zero-order valence-corrected chi connectivity index (χ0v) is 11.0. The Morgan fingerprint density at radius 2 is 1.95 bits per heavy atom. The molecule has 3 rings (SSSR count). The van der Waals surface area contributed by atoms with E-state index >= 15 is 0 Å². The summed E-state index contributed by atoms with van der Waals surface area (Å²) in [6.07, 6.45) is 0.471. The number of benzene rings is 1. The average Bonchev–Trinajstić information content (AvgIpc) is 2.65. The molecule has 1 aromatic carbocycles. The van der Waals surface area contributed by atoms with Crippen LogP contribution in [0.15, 0.2) is 24.3 Å². The minimum absolute atomic E-state index is 0.0775. The summed E-state index contributed by atoms with van der Waals surface area (Å²) in [4.78, 5) is 13.5. The number of nitrogens with one attached hydrogen (secondary N) is 1. The summed E-state index contributed by atoms with van der Waals surface area (Å²) in [5.41, 5.74) is 0. The first-order valence-electron chi connectivity index (χ1n) is 6.18. The van der Waals surface area contributed by atoms with Crippen molar-refractivity contribution in [1.82, 2.24) is 15.5 Å². The van der Waals surface area contributed by atoms with E-state index < -0.39 is 0 Å². The minimum Gasteiger partial charge on any atom is -0.354 e. The van der Waals surface area contributed by atoms with Gasteiger partial charge in [-0.3, -0.25) is 4.79 Å². The Kier molecular flexibility index (Phi) is 3.21. The maximum atomic E-state index is 11.4. The molecule has 19 heavy (non-hydrogen) atoms. The topological polar surface area (TPSA) is 58.1 Å². The van der Waals surface area contributed by atoms with Crippen molar-refractivity contribution in [2.45, 2.75) is 6.42 Å². The predicted molar refractivity (Wildman–Crippen MR) is 74.4 cm³/mol. The van der Waals surface area contributed by atoms with E-state index in [0.717, 1.165) is 23.1 Å². The van der Waals surface area contributed by atoms with Gasteiger partial charge in [0.25, 0.3) is 0 Å². The molecule has 0 unspecified atom stereocenters. The number of halogens is 1. The van der Waals surface area contributed by atoms with Crippen LogP contribution in [-0.2, 0) is 4.79 Å². The highest BCUT2D eigenvalue weighted by atomic mass is 35.5. The standard InChI is InChI=1S/C13H13ClN4O/c14-12-9-3-1-2-4-10(9)13(17-16-12)18-7-5-11(19)15-6-8-18/h1-4H,5-8H2,(H,15,19). The summed E-state index contributed by atoms with van der Waals surface area (Å²) in [5, 5.41) is 13.3. The Morgan fingerprint density at radius 1 is 1.16 bits per heavy atom. The number of carbonyl (C=O) groups is 1. The highest BCUT2D eigenvalue weighted by Gasteiger charge is 2.18. The quantitative estimate of drug-likeness (QED) is 0.860. The number of amides is 1. The fourth-order valence-electron chi connectivity index (χ4n) is 2.27. The lowest BCUT2D eigenvalue weighted by Crippen LogP contribution is -2.29. The van der Waals surface area contributed by atoms with Crippen LogP contribution in [-0.4, -0.2) is 35.7 Å². The van der Waals surface area contributed by atoms with Gasteiger partial charge in [-0.2, -0.15) is 0 Å². The number of fused-ring (bicyclic) bond motifs is 1. The average molecular weight is 277 g/mol.